The fourth-order valence-corrected chi connectivity index (χ4v) is 4.66. The van der Waals surface area contributed by atoms with Gasteiger partial charge < -0.3 is 16.0 Å². The van der Waals surface area contributed by atoms with E-state index < -0.39 is 11.9 Å². The number of nitrogens with zero attached hydrogens (tertiary/aromatic N) is 3. The van der Waals surface area contributed by atoms with Gasteiger partial charge in [0.25, 0.3) is 5.91 Å². The van der Waals surface area contributed by atoms with Gasteiger partial charge in [-0.25, -0.2) is 0 Å². The summed E-state index contributed by atoms with van der Waals surface area (Å²) < 4.78 is 0. The molecule has 2 aliphatic heterocycles. The number of rotatable bonds is 7. The van der Waals surface area contributed by atoms with Crippen molar-refractivity contribution < 1.29 is 14.4 Å². The number of hydrogen-bond acceptors (Lipinski definition) is 5. The van der Waals surface area contributed by atoms with E-state index in [2.05, 4.69) is 10.4 Å². The molecule has 8 heteroatoms. The molecule has 2 aromatic carbocycles. The minimum absolute atomic E-state index is 0.0474. The van der Waals surface area contributed by atoms with Crippen molar-refractivity contribution in [2.24, 2.45) is 10.8 Å². The quantitative estimate of drug-likeness (QED) is 0.660. The highest BCUT2D eigenvalue weighted by Crippen LogP contribution is 2.26. The highest BCUT2D eigenvalue weighted by molar-refractivity contribution is 6.40. The molecular weight excluding hydrogens is 430 g/mol. The van der Waals surface area contributed by atoms with E-state index in [1.807, 2.05) is 72.5 Å². The molecule has 2 heterocycles. The first-order chi connectivity index (χ1) is 16.5. The first-order valence-electron chi connectivity index (χ1n) is 11.8. The highest BCUT2D eigenvalue weighted by Gasteiger charge is 2.36. The second-order valence-electron chi connectivity index (χ2n) is 8.79. The summed E-state index contributed by atoms with van der Waals surface area (Å²) in [5.41, 5.74) is 7.61. The van der Waals surface area contributed by atoms with E-state index in [9.17, 15) is 14.4 Å². The molecule has 0 spiro atoms. The standard InChI is InChI=1S/C26H31N5O3/c1-2-21(18-9-5-3-6-10-18)26(34)30-15-13-19(14-16-30)28-25(33)22-17-23(24(27)32)31(29-22)20-11-7-4-8-12-20/h3-12,19,21,23H,2,13-17H2,1H3,(H2,27,32)(H,28,33). The van der Waals surface area contributed by atoms with Gasteiger partial charge in [0, 0.05) is 25.6 Å². The lowest BCUT2D eigenvalue weighted by molar-refractivity contribution is -0.134. The normalized spacial score (nSPS) is 19.4. The van der Waals surface area contributed by atoms with Crippen LogP contribution in [0, 0.1) is 0 Å². The maximum Gasteiger partial charge on any atom is 0.267 e. The third-order valence-corrected chi connectivity index (χ3v) is 6.57. The topological polar surface area (TPSA) is 108 Å². The van der Waals surface area contributed by atoms with Gasteiger partial charge >= 0.3 is 0 Å². The number of carbonyl (C=O) groups excluding carboxylic acids is 3. The van der Waals surface area contributed by atoms with Crippen molar-refractivity contribution in [2.45, 2.75) is 50.6 Å². The summed E-state index contributed by atoms with van der Waals surface area (Å²) in [7, 11) is 0. The molecule has 2 aliphatic rings. The van der Waals surface area contributed by atoms with Gasteiger partial charge in [-0.15, -0.1) is 0 Å². The van der Waals surface area contributed by atoms with E-state index >= 15 is 0 Å². The van der Waals surface area contributed by atoms with E-state index in [4.69, 9.17) is 5.73 Å². The first kappa shape index (κ1) is 23.5. The number of anilines is 1. The summed E-state index contributed by atoms with van der Waals surface area (Å²) in [6.07, 6.45) is 2.27. The predicted molar refractivity (Wildman–Crippen MR) is 131 cm³/mol. The number of primary amides is 1. The van der Waals surface area contributed by atoms with Crippen molar-refractivity contribution in [3.63, 3.8) is 0 Å². The van der Waals surface area contributed by atoms with Crippen LogP contribution < -0.4 is 16.1 Å². The van der Waals surface area contributed by atoms with Crippen molar-refractivity contribution in [3.8, 4) is 0 Å². The van der Waals surface area contributed by atoms with E-state index in [0.717, 1.165) is 12.0 Å². The van der Waals surface area contributed by atoms with E-state index in [1.165, 1.54) is 5.01 Å². The Bertz CT molecular complexity index is 1050. The number of nitrogens with one attached hydrogen (secondary N) is 1. The van der Waals surface area contributed by atoms with Gasteiger partial charge in [-0.1, -0.05) is 55.5 Å². The summed E-state index contributed by atoms with van der Waals surface area (Å²) in [4.78, 5) is 39.9. The second-order valence-corrected chi connectivity index (χ2v) is 8.79. The van der Waals surface area contributed by atoms with Crippen molar-refractivity contribution in [1.82, 2.24) is 10.2 Å². The van der Waals surface area contributed by atoms with Crippen LogP contribution in [0.3, 0.4) is 0 Å². The van der Waals surface area contributed by atoms with Crippen LogP contribution in [0.25, 0.3) is 0 Å². The third-order valence-electron chi connectivity index (χ3n) is 6.57. The zero-order chi connectivity index (χ0) is 24.1. The molecule has 2 atom stereocenters. The maximum absolute atomic E-state index is 13.1. The summed E-state index contributed by atoms with van der Waals surface area (Å²) in [6.45, 7) is 3.22. The monoisotopic (exact) mass is 461 g/mol. The SMILES string of the molecule is CCC(C(=O)N1CCC(NC(=O)C2=NN(c3ccccc3)C(C(N)=O)C2)CC1)c1ccccc1. The number of piperidine rings is 1. The molecule has 8 nitrogen and oxygen atoms in total. The second kappa shape index (κ2) is 10.5. The average molecular weight is 462 g/mol. The number of carbonyl (C=O) groups is 3. The minimum atomic E-state index is -0.688. The maximum atomic E-state index is 13.1. The molecule has 0 radical (unpaired) electrons. The Morgan fingerprint density at radius 3 is 2.24 bits per heavy atom. The molecule has 4 rings (SSSR count). The Kier molecular flexibility index (Phi) is 7.25. The van der Waals surface area contributed by atoms with Crippen LogP contribution in [0.1, 0.15) is 44.1 Å². The van der Waals surface area contributed by atoms with Crippen LogP contribution in [0.5, 0.6) is 0 Å². The van der Waals surface area contributed by atoms with Gasteiger partial charge in [-0.3, -0.25) is 19.4 Å². The first-order valence-corrected chi connectivity index (χ1v) is 11.8. The molecule has 3 amide bonds. The lowest BCUT2D eigenvalue weighted by Crippen LogP contribution is -2.49. The zero-order valence-electron chi connectivity index (χ0n) is 19.4. The zero-order valence-corrected chi connectivity index (χ0v) is 19.4. The van der Waals surface area contributed by atoms with Crippen molar-refractivity contribution in [1.29, 1.82) is 0 Å². The molecule has 3 N–H and O–H groups in total. The van der Waals surface area contributed by atoms with Gasteiger partial charge in [0.2, 0.25) is 11.8 Å². The van der Waals surface area contributed by atoms with Crippen LogP contribution >= 0.6 is 0 Å². The number of benzene rings is 2. The van der Waals surface area contributed by atoms with Crippen LogP contribution in [0.2, 0.25) is 0 Å². The van der Waals surface area contributed by atoms with Gasteiger partial charge in [0.05, 0.1) is 11.6 Å². The summed E-state index contributed by atoms with van der Waals surface area (Å²) in [6, 6.07) is 18.3. The number of amides is 3. The highest BCUT2D eigenvalue weighted by atomic mass is 16.2. The summed E-state index contributed by atoms with van der Waals surface area (Å²) in [5.74, 6) is -0.812. The molecule has 0 saturated carbocycles. The van der Waals surface area contributed by atoms with Crippen molar-refractivity contribution >= 4 is 29.1 Å². The minimum Gasteiger partial charge on any atom is -0.368 e. The van der Waals surface area contributed by atoms with Crippen LogP contribution in [-0.4, -0.2) is 53.5 Å². The number of hydrazone groups is 1. The Labute approximate surface area is 199 Å². The Morgan fingerprint density at radius 1 is 1.03 bits per heavy atom. The molecule has 0 bridgehead atoms. The number of hydrogen-bond donors (Lipinski definition) is 2. The molecular formula is C26H31N5O3. The number of para-hydroxylation sites is 1. The van der Waals surface area contributed by atoms with Gasteiger partial charge in [-0.2, -0.15) is 5.10 Å². The van der Waals surface area contributed by atoms with E-state index in [1.54, 1.807) is 0 Å². The van der Waals surface area contributed by atoms with Gasteiger partial charge in [-0.05, 0) is 37.0 Å². The third kappa shape index (κ3) is 5.11. The van der Waals surface area contributed by atoms with Gasteiger partial charge in [0.1, 0.15) is 11.8 Å². The smallest absolute Gasteiger partial charge is 0.267 e. The molecule has 2 unspecified atom stereocenters. The van der Waals surface area contributed by atoms with Gasteiger partial charge in [0.15, 0.2) is 0 Å². The van der Waals surface area contributed by atoms with Crippen molar-refractivity contribution in [2.75, 3.05) is 18.1 Å². The van der Waals surface area contributed by atoms with Crippen LogP contribution in [-0.2, 0) is 14.4 Å². The number of nitrogens with two attached hydrogens (primary N) is 1. The number of likely N-dealkylation sites (tertiary alicyclic amines) is 1. The predicted octanol–water partition coefficient (Wildman–Crippen LogP) is 2.41. The summed E-state index contributed by atoms with van der Waals surface area (Å²) in [5, 5.41) is 8.97. The van der Waals surface area contributed by atoms with E-state index in [0.29, 0.717) is 37.3 Å². The molecule has 1 fully saturated rings. The fraction of sp³-hybridized carbons (Fsp3) is 0.385. The average Bonchev–Trinajstić information content (AvgIpc) is 3.32. The Morgan fingerprint density at radius 2 is 1.65 bits per heavy atom. The lowest BCUT2D eigenvalue weighted by atomic mass is 9.93. The van der Waals surface area contributed by atoms with E-state index in [-0.39, 0.29) is 30.2 Å². The van der Waals surface area contributed by atoms with Crippen LogP contribution in [0.4, 0.5) is 5.69 Å². The Hall–Kier alpha value is -3.68. The molecule has 0 aliphatic carbocycles. The molecule has 34 heavy (non-hydrogen) atoms. The largest absolute Gasteiger partial charge is 0.368 e. The van der Waals surface area contributed by atoms with Crippen LogP contribution in [0.15, 0.2) is 65.8 Å². The molecule has 0 aromatic heterocycles. The lowest BCUT2D eigenvalue weighted by Gasteiger charge is -2.34. The Balaban J connectivity index is 1.34. The summed E-state index contributed by atoms with van der Waals surface area (Å²) >= 11 is 0. The molecule has 178 valence electrons. The molecule has 1 saturated heterocycles. The fourth-order valence-electron chi connectivity index (χ4n) is 4.66. The van der Waals surface area contributed by atoms with Crippen molar-refractivity contribution in [3.05, 3.63) is 66.2 Å². The molecule has 2 aromatic rings.